The zero-order chi connectivity index (χ0) is 20.2. The maximum Gasteiger partial charge on any atom is 0.225 e. The van der Waals surface area contributed by atoms with Gasteiger partial charge in [0.1, 0.15) is 0 Å². The van der Waals surface area contributed by atoms with E-state index in [2.05, 4.69) is 33.1 Å². The van der Waals surface area contributed by atoms with Crippen molar-refractivity contribution in [1.29, 1.82) is 0 Å². The Morgan fingerprint density at radius 1 is 1.07 bits per heavy atom. The van der Waals surface area contributed by atoms with Gasteiger partial charge in [-0.15, -0.1) is 0 Å². The molecule has 2 amide bonds. The predicted molar refractivity (Wildman–Crippen MR) is 112 cm³/mol. The lowest BCUT2D eigenvalue weighted by Crippen LogP contribution is -2.51. The molecule has 0 bridgehead atoms. The monoisotopic (exact) mass is 398 g/mol. The highest BCUT2D eigenvalue weighted by Gasteiger charge is 2.37. The molecule has 1 unspecified atom stereocenters. The molecule has 0 radical (unpaired) electrons. The van der Waals surface area contributed by atoms with E-state index in [0.29, 0.717) is 24.4 Å². The Labute approximate surface area is 174 Å². The highest BCUT2D eigenvalue weighted by atomic mass is 16.2. The van der Waals surface area contributed by atoms with Crippen LogP contribution in [0.1, 0.15) is 56.7 Å². The van der Waals surface area contributed by atoms with Gasteiger partial charge in [0.2, 0.25) is 11.8 Å². The number of aryl methyl sites for hydroxylation is 1. The minimum Gasteiger partial charge on any atom is -0.350 e. The van der Waals surface area contributed by atoms with Gasteiger partial charge in [-0.1, -0.05) is 13.0 Å². The molecule has 1 aliphatic carbocycles. The first-order chi connectivity index (χ1) is 14.1. The van der Waals surface area contributed by atoms with E-state index in [0.717, 1.165) is 76.8 Å². The van der Waals surface area contributed by atoms with Crippen LogP contribution in [0.4, 0.5) is 0 Å². The second-order valence-electron chi connectivity index (χ2n) is 8.89. The quantitative estimate of drug-likeness (QED) is 0.799. The first kappa shape index (κ1) is 20.3. The Bertz CT molecular complexity index is 708. The van der Waals surface area contributed by atoms with E-state index in [1.165, 1.54) is 5.56 Å². The van der Waals surface area contributed by atoms with Crippen LogP contribution < -0.4 is 5.32 Å². The van der Waals surface area contributed by atoms with Gasteiger partial charge in [0.25, 0.3) is 0 Å². The minimum atomic E-state index is 0.0600. The molecule has 1 N–H and O–H groups in total. The zero-order valence-corrected chi connectivity index (χ0v) is 17.6. The number of piperidine rings is 2. The summed E-state index contributed by atoms with van der Waals surface area (Å²) in [5.41, 5.74) is 2.13. The van der Waals surface area contributed by atoms with Crippen LogP contribution in [-0.4, -0.2) is 58.8 Å². The Morgan fingerprint density at radius 3 is 2.52 bits per heavy atom. The molecule has 6 nitrogen and oxygen atoms in total. The molecular formula is C23H34N4O2. The van der Waals surface area contributed by atoms with Crippen LogP contribution in [0.25, 0.3) is 0 Å². The van der Waals surface area contributed by atoms with Crippen molar-refractivity contribution in [2.75, 3.05) is 26.2 Å². The molecule has 2 aliphatic heterocycles. The van der Waals surface area contributed by atoms with E-state index in [1.54, 1.807) is 0 Å². The first-order valence-corrected chi connectivity index (χ1v) is 11.4. The van der Waals surface area contributed by atoms with Crippen molar-refractivity contribution in [3.63, 3.8) is 0 Å². The van der Waals surface area contributed by atoms with Gasteiger partial charge < -0.3 is 10.2 Å². The van der Waals surface area contributed by atoms with E-state index in [9.17, 15) is 9.59 Å². The molecule has 0 spiro atoms. The lowest BCUT2D eigenvalue weighted by molar-refractivity contribution is -0.134. The molecule has 0 aromatic carbocycles. The molecule has 1 atom stereocenters. The number of hydrogen-bond donors (Lipinski definition) is 1. The zero-order valence-electron chi connectivity index (χ0n) is 17.6. The van der Waals surface area contributed by atoms with Crippen molar-refractivity contribution in [2.24, 2.45) is 11.8 Å². The van der Waals surface area contributed by atoms with Crippen LogP contribution >= 0.6 is 0 Å². The second kappa shape index (κ2) is 9.24. The van der Waals surface area contributed by atoms with E-state index in [4.69, 9.17) is 0 Å². The molecule has 3 heterocycles. The van der Waals surface area contributed by atoms with Gasteiger partial charge >= 0.3 is 0 Å². The predicted octanol–water partition coefficient (Wildman–Crippen LogP) is 2.37. The lowest BCUT2D eigenvalue weighted by atomic mass is 9.93. The maximum absolute atomic E-state index is 12.7. The second-order valence-corrected chi connectivity index (χ2v) is 8.89. The average molecular weight is 399 g/mol. The van der Waals surface area contributed by atoms with Gasteiger partial charge in [-0.3, -0.25) is 19.5 Å². The van der Waals surface area contributed by atoms with E-state index < -0.39 is 0 Å². The summed E-state index contributed by atoms with van der Waals surface area (Å²) < 4.78 is 0. The van der Waals surface area contributed by atoms with E-state index in [1.807, 2.05) is 12.3 Å². The molecule has 3 fully saturated rings. The summed E-state index contributed by atoms with van der Waals surface area (Å²) in [6.45, 7) is 6.29. The molecular weight excluding hydrogens is 364 g/mol. The third-order valence-electron chi connectivity index (χ3n) is 6.78. The number of rotatable bonds is 6. The Balaban J connectivity index is 1.23. The first-order valence-electron chi connectivity index (χ1n) is 11.4. The SMILES string of the molecule is CCc1ccc(CNC(=O)C2CCCN(C3CCN(C(=O)C4CC4)CC3)C2)nc1. The molecule has 29 heavy (non-hydrogen) atoms. The van der Waals surface area contributed by atoms with Gasteiger partial charge in [-0.2, -0.15) is 0 Å². The van der Waals surface area contributed by atoms with Crippen LogP contribution in [0.3, 0.4) is 0 Å². The molecule has 1 saturated carbocycles. The maximum atomic E-state index is 12.7. The fourth-order valence-electron chi connectivity index (χ4n) is 4.68. The van der Waals surface area contributed by atoms with Crippen molar-refractivity contribution in [1.82, 2.24) is 20.1 Å². The Hall–Kier alpha value is -1.95. The number of carbonyl (C=O) groups is 2. The summed E-state index contributed by atoms with van der Waals surface area (Å²) in [6.07, 6.45) is 9.16. The molecule has 6 heteroatoms. The number of amides is 2. The van der Waals surface area contributed by atoms with Gasteiger partial charge in [0.15, 0.2) is 0 Å². The summed E-state index contributed by atoms with van der Waals surface area (Å²) in [7, 11) is 0. The smallest absolute Gasteiger partial charge is 0.225 e. The molecule has 1 aromatic rings. The van der Waals surface area contributed by atoms with Crippen molar-refractivity contribution < 1.29 is 9.59 Å². The fourth-order valence-corrected chi connectivity index (χ4v) is 4.68. The third kappa shape index (κ3) is 5.16. The summed E-state index contributed by atoms with van der Waals surface area (Å²) in [5, 5.41) is 3.09. The van der Waals surface area contributed by atoms with Crippen LogP contribution in [0.5, 0.6) is 0 Å². The Kier molecular flexibility index (Phi) is 6.48. The van der Waals surface area contributed by atoms with Crippen LogP contribution in [0, 0.1) is 11.8 Å². The number of hydrogen-bond acceptors (Lipinski definition) is 4. The molecule has 2 saturated heterocycles. The van der Waals surface area contributed by atoms with Gasteiger partial charge in [-0.05, 0) is 63.1 Å². The number of nitrogens with one attached hydrogen (secondary N) is 1. The standard InChI is InChI=1S/C23H34N4O2/c1-2-17-5-8-20(24-14-17)15-25-22(28)19-4-3-11-27(16-19)21-9-12-26(13-10-21)23(29)18-6-7-18/h5,8,14,18-19,21H,2-4,6-7,9-13,15-16H2,1H3,(H,25,28). The Morgan fingerprint density at radius 2 is 1.86 bits per heavy atom. The lowest BCUT2D eigenvalue weighted by Gasteiger charge is -2.42. The van der Waals surface area contributed by atoms with Crippen molar-refractivity contribution in [3.05, 3.63) is 29.6 Å². The van der Waals surface area contributed by atoms with Gasteiger partial charge in [0, 0.05) is 37.8 Å². The molecule has 4 rings (SSSR count). The number of pyridine rings is 1. The number of nitrogens with zero attached hydrogens (tertiary/aromatic N) is 3. The van der Waals surface area contributed by atoms with Crippen molar-refractivity contribution >= 4 is 11.8 Å². The van der Waals surface area contributed by atoms with E-state index >= 15 is 0 Å². The molecule has 3 aliphatic rings. The average Bonchev–Trinajstić information content (AvgIpc) is 3.63. The minimum absolute atomic E-state index is 0.0600. The highest BCUT2D eigenvalue weighted by Crippen LogP contribution is 2.32. The summed E-state index contributed by atoms with van der Waals surface area (Å²) in [4.78, 5) is 34.0. The topological polar surface area (TPSA) is 65.5 Å². The number of carbonyl (C=O) groups excluding carboxylic acids is 2. The van der Waals surface area contributed by atoms with Crippen LogP contribution in [0.15, 0.2) is 18.3 Å². The molecule has 158 valence electrons. The fraction of sp³-hybridized carbons (Fsp3) is 0.696. The summed E-state index contributed by atoms with van der Waals surface area (Å²) in [5.74, 6) is 0.907. The normalized spacial score (nSPS) is 23.8. The van der Waals surface area contributed by atoms with E-state index in [-0.39, 0.29) is 11.8 Å². The van der Waals surface area contributed by atoms with Crippen molar-refractivity contribution in [2.45, 2.75) is 64.5 Å². The van der Waals surface area contributed by atoms with Gasteiger partial charge in [0.05, 0.1) is 18.2 Å². The summed E-state index contributed by atoms with van der Waals surface area (Å²) >= 11 is 0. The number of likely N-dealkylation sites (tertiary alicyclic amines) is 2. The number of aromatic nitrogens is 1. The molecule has 1 aromatic heterocycles. The van der Waals surface area contributed by atoms with Crippen LogP contribution in [-0.2, 0) is 22.6 Å². The van der Waals surface area contributed by atoms with Gasteiger partial charge in [-0.25, -0.2) is 0 Å². The summed E-state index contributed by atoms with van der Waals surface area (Å²) in [6, 6.07) is 4.59. The van der Waals surface area contributed by atoms with Crippen molar-refractivity contribution in [3.8, 4) is 0 Å². The highest BCUT2D eigenvalue weighted by molar-refractivity contribution is 5.81. The largest absolute Gasteiger partial charge is 0.350 e. The van der Waals surface area contributed by atoms with Crippen LogP contribution in [0.2, 0.25) is 0 Å². The third-order valence-corrected chi connectivity index (χ3v) is 6.78.